The van der Waals surface area contributed by atoms with Gasteiger partial charge in [-0.25, -0.2) is 13.4 Å². The Morgan fingerprint density at radius 3 is 2.62 bits per heavy atom. The Labute approximate surface area is 142 Å². The smallest absolute Gasteiger partial charge is 0.224 e. The standard InChI is InChI=1S/C13H13ClIN3O2S/c1-8(2)21(19,20)11-6-4-3-5-10(11)17-12-9(15)7-16-13(14)18-12/h3-8H,1-2H3,(H,16,17,18). The summed E-state index contributed by atoms with van der Waals surface area (Å²) in [7, 11) is -3.39. The molecule has 2 aromatic rings. The molecular formula is C13H13ClIN3O2S. The number of hydrogen-bond donors (Lipinski definition) is 1. The topological polar surface area (TPSA) is 72.0 Å². The molecule has 0 fully saturated rings. The van der Waals surface area contributed by atoms with Gasteiger partial charge in [0.05, 0.1) is 19.4 Å². The average molecular weight is 438 g/mol. The number of anilines is 2. The van der Waals surface area contributed by atoms with Gasteiger partial charge in [-0.15, -0.1) is 0 Å². The van der Waals surface area contributed by atoms with Gasteiger partial charge in [0.25, 0.3) is 0 Å². The summed E-state index contributed by atoms with van der Waals surface area (Å²) < 4.78 is 25.5. The van der Waals surface area contributed by atoms with Gasteiger partial charge >= 0.3 is 0 Å². The first-order valence-electron chi connectivity index (χ1n) is 6.10. The van der Waals surface area contributed by atoms with Crippen molar-refractivity contribution in [1.29, 1.82) is 0 Å². The van der Waals surface area contributed by atoms with Crippen molar-refractivity contribution < 1.29 is 8.42 Å². The lowest BCUT2D eigenvalue weighted by atomic mass is 10.3. The van der Waals surface area contributed by atoms with Crippen LogP contribution in [-0.2, 0) is 9.84 Å². The Balaban J connectivity index is 2.49. The fourth-order valence-electron chi connectivity index (χ4n) is 1.63. The molecule has 5 nitrogen and oxygen atoms in total. The quantitative estimate of drug-likeness (QED) is 0.584. The van der Waals surface area contributed by atoms with Crippen LogP contribution >= 0.6 is 34.2 Å². The monoisotopic (exact) mass is 437 g/mol. The number of benzene rings is 1. The number of halogens is 2. The van der Waals surface area contributed by atoms with Crippen molar-refractivity contribution in [2.24, 2.45) is 0 Å². The highest BCUT2D eigenvalue weighted by Gasteiger charge is 2.22. The van der Waals surface area contributed by atoms with Crippen LogP contribution in [-0.4, -0.2) is 23.6 Å². The van der Waals surface area contributed by atoms with E-state index in [1.54, 1.807) is 44.3 Å². The number of aromatic nitrogens is 2. The van der Waals surface area contributed by atoms with E-state index >= 15 is 0 Å². The zero-order valence-electron chi connectivity index (χ0n) is 11.3. The Bertz CT molecular complexity index is 766. The van der Waals surface area contributed by atoms with E-state index in [0.29, 0.717) is 11.5 Å². The summed E-state index contributed by atoms with van der Waals surface area (Å²) in [5, 5.41) is 2.61. The molecule has 1 heterocycles. The normalized spacial score (nSPS) is 11.7. The first-order chi connectivity index (χ1) is 9.82. The van der Waals surface area contributed by atoms with Crippen LogP contribution in [0.4, 0.5) is 11.5 Å². The van der Waals surface area contributed by atoms with Crippen LogP contribution in [0.15, 0.2) is 35.4 Å². The van der Waals surface area contributed by atoms with Gasteiger partial charge in [-0.05, 0) is 60.2 Å². The van der Waals surface area contributed by atoms with Gasteiger partial charge < -0.3 is 5.32 Å². The van der Waals surface area contributed by atoms with Crippen molar-refractivity contribution in [3.8, 4) is 0 Å². The van der Waals surface area contributed by atoms with Gasteiger partial charge in [-0.1, -0.05) is 12.1 Å². The molecule has 0 atom stereocenters. The molecule has 8 heteroatoms. The molecular weight excluding hydrogens is 425 g/mol. The Hall–Kier alpha value is -0.930. The zero-order valence-corrected chi connectivity index (χ0v) is 15.1. The Kier molecular flexibility index (Phi) is 5.05. The van der Waals surface area contributed by atoms with Crippen LogP contribution < -0.4 is 5.32 Å². The van der Waals surface area contributed by atoms with E-state index in [9.17, 15) is 8.42 Å². The van der Waals surface area contributed by atoms with E-state index in [2.05, 4.69) is 37.9 Å². The molecule has 0 aliphatic carbocycles. The van der Waals surface area contributed by atoms with Crippen LogP contribution in [0.5, 0.6) is 0 Å². The maximum Gasteiger partial charge on any atom is 0.224 e. The molecule has 0 aliphatic heterocycles. The van der Waals surface area contributed by atoms with Crippen molar-refractivity contribution in [3.05, 3.63) is 39.3 Å². The van der Waals surface area contributed by atoms with Crippen molar-refractivity contribution in [2.75, 3.05) is 5.32 Å². The number of hydrogen-bond acceptors (Lipinski definition) is 5. The largest absolute Gasteiger partial charge is 0.338 e. The number of para-hydroxylation sites is 1. The summed E-state index contributed by atoms with van der Waals surface area (Å²) >= 11 is 7.83. The van der Waals surface area contributed by atoms with Gasteiger partial charge in [0.2, 0.25) is 5.28 Å². The molecule has 1 aromatic heterocycles. The van der Waals surface area contributed by atoms with Crippen molar-refractivity contribution >= 4 is 55.5 Å². The highest BCUT2D eigenvalue weighted by Crippen LogP contribution is 2.28. The summed E-state index contributed by atoms with van der Waals surface area (Å²) in [6.07, 6.45) is 1.57. The fourth-order valence-corrected chi connectivity index (χ4v) is 3.36. The molecule has 0 spiro atoms. The minimum atomic E-state index is -3.39. The number of nitrogens with one attached hydrogen (secondary N) is 1. The molecule has 112 valence electrons. The lowest BCUT2D eigenvalue weighted by Crippen LogP contribution is -2.15. The molecule has 21 heavy (non-hydrogen) atoms. The lowest BCUT2D eigenvalue weighted by Gasteiger charge is -2.14. The molecule has 0 saturated heterocycles. The Morgan fingerprint density at radius 1 is 1.29 bits per heavy atom. The molecule has 2 rings (SSSR count). The number of rotatable bonds is 4. The van der Waals surface area contributed by atoms with E-state index in [1.807, 2.05) is 0 Å². The van der Waals surface area contributed by atoms with E-state index in [1.165, 1.54) is 0 Å². The summed E-state index contributed by atoms with van der Waals surface area (Å²) in [4.78, 5) is 8.19. The van der Waals surface area contributed by atoms with Crippen molar-refractivity contribution in [1.82, 2.24) is 9.97 Å². The van der Waals surface area contributed by atoms with E-state index in [-0.39, 0.29) is 10.2 Å². The average Bonchev–Trinajstić information content (AvgIpc) is 2.43. The van der Waals surface area contributed by atoms with Gasteiger partial charge in [0.15, 0.2) is 9.84 Å². The molecule has 0 saturated carbocycles. The second-order valence-electron chi connectivity index (χ2n) is 4.55. The lowest BCUT2D eigenvalue weighted by molar-refractivity contribution is 0.588. The Morgan fingerprint density at radius 2 is 1.95 bits per heavy atom. The van der Waals surface area contributed by atoms with E-state index < -0.39 is 15.1 Å². The third-order valence-electron chi connectivity index (χ3n) is 2.78. The van der Waals surface area contributed by atoms with Crippen molar-refractivity contribution in [2.45, 2.75) is 24.0 Å². The molecule has 0 unspecified atom stereocenters. The fraction of sp³-hybridized carbons (Fsp3) is 0.231. The summed E-state index contributed by atoms with van der Waals surface area (Å²) in [5.74, 6) is 0.474. The maximum absolute atomic E-state index is 12.4. The zero-order chi connectivity index (χ0) is 15.6. The van der Waals surface area contributed by atoms with Crippen LogP contribution in [0.2, 0.25) is 5.28 Å². The molecule has 0 amide bonds. The van der Waals surface area contributed by atoms with Gasteiger partial charge in [0, 0.05) is 6.20 Å². The number of sulfone groups is 1. The first-order valence-corrected chi connectivity index (χ1v) is 9.10. The van der Waals surface area contributed by atoms with Gasteiger partial charge in [0.1, 0.15) is 5.82 Å². The third-order valence-corrected chi connectivity index (χ3v) is 5.96. The summed E-state index contributed by atoms with van der Waals surface area (Å²) in [6.45, 7) is 3.30. The van der Waals surface area contributed by atoms with Crippen LogP contribution in [0.3, 0.4) is 0 Å². The predicted octanol–water partition coefficient (Wildman–Crippen LogP) is 3.66. The molecule has 0 aliphatic rings. The summed E-state index contributed by atoms with van der Waals surface area (Å²) in [6, 6.07) is 6.73. The van der Waals surface area contributed by atoms with Gasteiger partial charge in [-0.2, -0.15) is 4.98 Å². The second kappa shape index (κ2) is 6.45. The third kappa shape index (κ3) is 3.64. The highest BCUT2D eigenvalue weighted by atomic mass is 127. The number of nitrogens with zero attached hydrogens (tertiary/aromatic N) is 2. The second-order valence-corrected chi connectivity index (χ2v) is 8.52. The maximum atomic E-state index is 12.4. The first kappa shape index (κ1) is 16.4. The highest BCUT2D eigenvalue weighted by molar-refractivity contribution is 14.1. The molecule has 1 N–H and O–H groups in total. The predicted molar refractivity (Wildman–Crippen MR) is 91.8 cm³/mol. The SMILES string of the molecule is CC(C)S(=O)(=O)c1ccccc1Nc1nc(Cl)ncc1I. The van der Waals surface area contributed by atoms with Crippen LogP contribution in [0.25, 0.3) is 0 Å². The molecule has 0 bridgehead atoms. The summed E-state index contributed by atoms with van der Waals surface area (Å²) in [5.41, 5.74) is 0.471. The van der Waals surface area contributed by atoms with Crippen molar-refractivity contribution in [3.63, 3.8) is 0 Å². The van der Waals surface area contributed by atoms with E-state index in [4.69, 9.17) is 11.6 Å². The molecule has 0 radical (unpaired) electrons. The minimum Gasteiger partial charge on any atom is -0.338 e. The van der Waals surface area contributed by atoms with Gasteiger partial charge in [-0.3, -0.25) is 0 Å². The van der Waals surface area contributed by atoms with Crippen LogP contribution in [0.1, 0.15) is 13.8 Å². The molecule has 1 aromatic carbocycles. The van der Waals surface area contributed by atoms with E-state index in [0.717, 1.165) is 3.57 Å². The van der Waals surface area contributed by atoms with Crippen LogP contribution in [0, 0.1) is 3.57 Å². The minimum absolute atomic E-state index is 0.0992.